The Hall–Kier alpha value is -1.27. The van der Waals surface area contributed by atoms with E-state index in [9.17, 15) is 22.8 Å². The predicted molar refractivity (Wildman–Crippen MR) is 61.4 cm³/mol. The molecular weight excluding hydrogens is 263 g/mol. The second-order valence-corrected chi connectivity index (χ2v) is 5.07. The summed E-state index contributed by atoms with van der Waals surface area (Å²) in [6, 6.07) is -1.03. The molecule has 0 spiro atoms. The number of carbonyl (C=O) groups excluding carboxylic acids is 1. The summed E-state index contributed by atoms with van der Waals surface area (Å²) in [6.45, 7) is 1.34. The molecule has 0 bridgehead atoms. The van der Waals surface area contributed by atoms with Crippen LogP contribution in [0.15, 0.2) is 0 Å². The van der Waals surface area contributed by atoms with Crippen LogP contribution in [-0.2, 0) is 9.59 Å². The molecule has 110 valence electrons. The Morgan fingerprint density at radius 3 is 2.37 bits per heavy atom. The van der Waals surface area contributed by atoms with Gasteiger partial charge in [-0.15, -0.1) is 0 Å². The summed E-state index contributed by atoms with van der Waals surface area (Å²) < 4.78 is 37.9. The van der Waals surface area contributed by atoms with E-state index in [0.717, 1.165) is 4.90 Å². The van der Waals surface area contributed by atoms with Crippen molar-refractivity contribution >= 4 is 11.9 Å². The molecule has 0 saturated heterocycles. The van der Waals surface area contributed by atoms with Crippen molar-refractivity contribution in [3.63, 3.8) is 0 Å². The van der Waals surface area contributed by atoms with Crippen molar-refractivity contribution in [1.29, 1.82) is 0 Å². The molecule has 0 heterocycles. The van der Waals surface area contributed by atoms with Gasteiger partial charge in [0.05, 0.1) is 5.92 Å². The summed E-state index contributed by atoms with van der Waals surface area (Å²) in [5, 5.41) is 8.81. The zero-order valence-corrected chi connectivity index (χ0v) is 10.9. The molecule has 0 aromatic rings. The quantitative estimate of drug-likeness (QED) is 0.863. The van der Waals surface area contributed by atoms with E-state index in [1.807, 2.05) is 0 Å². The minimum Gasteiger partial charge on any atom is -0.480 e. The number of hydrogen-bond acceptors (Lipinski definition) is 2. The molecule has 1 N–H and O–H groups in total. The van der Waals surface area contributed by atoms with E-state index >= 15 is 0 Å². The fourth-order valence-electron chi connectivity index (χ4n) is 2.36. The smallest absolute Gasteiger partial charge is 0.391 e. The van der Waals surface area contributed by atoms with Crippen LogP contribution >= 0.6 is 0 Å². The average molecular weight is 281 g/mol. The molecule has 1 fully saturated rings. The van der Waals surface area contributed by atoms with E-state index in [4.69, 9.17) is 5.11 Å². The van der Waals surface area contributed by atoms with Crippen LogP contribution in [0.4, 0.5) is 13.2 Å². The molecule has 0 radical (unpaired) electrons. The molecule has 19 heavy (non-hydrogen) atoms. The van der Waals surface area contributed by atoms with Crippen LogP contribution in [0.3, 0.4) is 0 Å². The van der Waals surface area contributed by atoms with Gasteiger partial charge in [0.2, 0.25) is 5.91 Å². The number of aliphatic carboxylic acids is 1. The molecule has 7 heteroatoms. The van der Waals surface area contributed by atoms with Crippen molar-refractivity contribution in [2.45, 2.75) is 44.8 Å². The van der Waals surface area contributed by atoms with E-state index in [1.165, 1.54) is 14.0 Å². The summed E-state index contributed by atoms with van der Waals surface area (Å²) in [4.78, 5) is 23.8. The summed E-state index contributed by atoms with van der Waals surface area (Å²) >= 11 is 0. The number of hydrogen-bond donors (Lipinski definition) is 1. The minimum atomic E-state index is -4.28. The summed E-state index contributed by atoms with van der Waals surface area (Å²) in [5.74, 6) is -3.86. The van der Waals surface area contributed by atoms with Crippen molar-refractivity contribution in [3.8, 4) is 0 Å². The van der Waals surface area contributed by atoms with Crippen LogP contribution in [0, 0.1) is 11.8 Å². The first kappa shape index (κ1) is 15.8. The lowest BCUT2D eigenvalue weighted by molar-refractivity contribution is -0.187. The Morgan fingerprint density at radius 2 is 1.89 bits per heavy atom. The Labute approximate surface area is 109 Å². The molecule has 3 unspecified atom stereocenters. The minimum absolute atomic E-state index is 0.0471. The Balaban J connectivity index is 2.69. The monoisotopic (exact) mass is 281 g/mol. The lowest BCUT2D eigenvalue weighted by Gasteiger charge is -2.33. The summed E-state index contributed by atoms with van der Waals surface area (Å²) in [6.07, 6.45) is -3.74. The molecule has 3 atom stereocenters. The number of nitrogens with zero attached hydrogens (tertiary/aromatic N) is 1. The molecule has 1 aliphatic rings. The first-order valence-electron chi connectivity index (χ1n) is 6.20. The van der Waals surface area contributed by atoms with E-state index in [2.05, 4.69) is 0 Å². The van der Waals surface area contributed by atoms with Gasteiger partial charge in [-0.1, -0.05) is 6.42 Å². The van der Waals surface area contributed by atoms with Crippen molar-refractivity contribution in [1.82, 2.24) is 4.90 Å². The van der Waals surface area contributed by atoms with Crippen molar-refractivity contribution in [2.75, 3.05) is 7.05 Å². The molecule has 4 nitrogen and oxygen atoms in total. The third kappa shape index (κ3) is 3.84. The normalized spacial score (nSPS) is 25.7. The number of likely N-dealkylation sites (N-methyl/N-ethyl adjacent to an activating group) is 1. The van der Waals surface area contributed by atoms with Crippen LogP contribution in [-0.4, -0.2) is 41.1 Å². The SMILES string of the molecule is CC(C(=O)O)N(C)C(=O)C1CCCC(C(F)(F)F)C1. The van der Waals surface area contributed by atoms with E-state index in [0.29, 0.717) is 12.8 Å². The fraction of sp³-hybridized carbons (Fsp3) is 0.833. The molecular formula is C12H18F3NO3. The topological polar surface area (TPSA) is 57.6 Å². The molecule has 1 aliphatic carbocycles. The van der Waals surface area contributed by atoms with Gasteiger partial charge in [0.1, 0.15) is 6.04 Å². The van der Waals surface area contributed by atoms with Crippen LogP contribution in [0.5, 0.6) is 0 Å². The number of amides is 1. The van der Waals surface area contributed by atoms with Crippen LogP contribution in [0.25, 0.3) is 0 Å². The maximum absolute atomic E-state index is 12.6. The fourth-order valence-corrected chi connectivity index (χ4v) is 2.36. The van der Waals surface area contributed by atoms with Crippen LogP contribution in [0.2, 0.25) is 0 Å². The first-order valence-corrected chi connectivity index (χ1v) is 6.20. The van der Waals surface area contributed by atoms with Gasteiger partial charge in [0, 0.05) is 13.0 Å². The summed E-state index contributed by atoms with van der Waals surface area (Å²) in [7, 11) is 1.32. The molecule has 1 saturated carbocycles. The molecule has 0 aromatic carbocycles. The van der Waals surface area contributed by atoms with E-state index < -0.39 is 35.9 Å². The highest BCUT2D eigenvalue weighted by atomic mass is 19.4. The lowest BCUT2D eigenvalue weighted by Crippen LogP contribution is -2.45. The van der Waals surface area contributed by atoms with Gasteiger partial charge in [-0.25, -0.2) is 4.79 Å². The summed E-state index contributed by atoms with van der Waals surface area (Å²) in [5.41, 5.74) is 0. The predicted octanol–water partition coefficient (Wildman–Crippen LogP) is 2.29. The van der Waals surface area contributed by atoms with Crippen LogP contribution < -0.4 is 0 Å². The van der Waals surface area contributed by atoms with E-state index in [1.54, 1.807) is 0 Å². The second-order valence-electron chi connectivity index (χ2n) is 5.07. The van der Waals surface area contributed by atoms with Crippen molar-refractivity contribution in [2.24, 2.45) is 11.8 Å². The zero-order chi connectivity index (χ0) is 14.8. The molecule has 0 aliphatic heterocycles. The average Bonchev–Trinajstić information content (AvgIpc) is 2.35. The van der Waals surface area contributed by atoms with Gasteiger partial charge >= 0.3 is 12.1 Å². The van der Waals surface area contributed by atoms with Gasteiger partial charge in [0.25, 0.3) is 0 Å². The molecule has 1 amide bonds. The number of carboxylic acids is 1. The first-order chi connectivity index (χ1) is 8.64. The van der Waals surface area contributed by atoms with Crippen LogP contribution in [0.1, 0.15) is 32.6 Å². The lowest BCUT2D eigenvalue weighted by atomic mass is 9.80. The zero-order valence-electron chi connectivity index (χ0n) is 10.9. The Bertz CT molecular complexity index is 357. The largest absolute Gasteiger partial charge is 0.480 e. The maximum atomic E-state index is 12.6. The van der Waals surface area contributed by atoms with E-state index in [-0.39, 0.29) is 12.8 Å². The van der Waals surface area contributed by atoms with Gasteiger partial charge in [0.15, 0.2) is 0 Å². The van der Waals surface area contributed by atoms with Gasteiger partial charge in [-0.2, -0.15) is 13.2 Å². The molecule has 0 aromatic heterocycles. The number of carbonyl (C=O) groups is 2. The number of alkyl halides is 3. The highest BCUT2D eigenvalue weighted by Gasteiger charge is 2.44. The molecule has 1 rings (SSSR count). The highest BCUT2D eigenvalue weighted by molar-refractivity contribution is 5.84. The number of carboxylic acid groups (broad SMARTS) is 1. The number of rotatable bonds is 3. The van der Waals surface area contributed by atoms with Gasteiger partial charge < -0.3 is 10.0 Å². The highest BCUT2D eigenvalue weighted by Crippen LogP contribution is 2.40. The van der Waals surface area contributed by atoms with Crippen molar-refractivity contribution < 1.29 is 27.9 Å². The Morgan fingerprint density at radius 1 is 1.32 bits per heavy atom. The number of halogens is 3. The van der Waals surface area contributed by atoms with Gasteiger partial charge in [-0.3, -0.25) is 4.79 Å². The third-order valence-corrected chi connectivity index (χ3v) is 3.77. The Kier molecular flexibility index (Phi) is 4.81. The van der Waals surface area contributed by atoms with Crippen molar-refractivity contribution in [3.05, 3.63) is 0 Å². The standard InChI is InChI=1S/C12H18F3NO3/c1-7(11(18)19)16(2)10(17)8-4-3-5-9(6-8)12(13,14)15/h7-9H,3-6H2,1-2H3,(H,18,19). The third-order valence-electron chi connectivity index (χ3n) is 3.77. The van der Waals surface area contributed by atoms with Gasteiger partial charge in [-0.05, 0) is 26.2 Å². The second kappa shape index (κ2) is 5.79. The maximum Gasteiger partial charge on any atom is 0.391 e.